The van der Waals surface area contributed by atoms with Gasteiger partial charge >= 0.3 is 0 Å². The molecule has 1 aromatic heterocycles. The number of aromatic nitrogens is 2. The highest BCUT2D eigenvalue weighted by molar-refractivity contribution is 9.10. The van der Waals surface area contributed by atoms with Gasteiger partial charge in [-0.1, -0.05) is 15.9 Å². The van der Waals surface area contributed by atoms with E-state index in [1.807, 2.05) is 36.4 Å². The molecule has 0 fully saturated rings. The van der Waals surface area contributed by atoms with Crippen LogP contribution in [0.5, 0.6) is 5.75 Å². The molecule has 1 heterocycles. The fourth-order valence-electron chi connectivity index (χ4n) is 1.93. The van der Waals surface area contributed by atoms with Gasteiger partial charge in [-0.3, -0.25) is 0 Å². The summed E-state index contributed by atoms with van der Waals surface area (Å²) in [6.07, 6.45) is 0. The van der Waals surface area contributed by atoms with Gasteiger partial charge in [0.2, 0.25) is 0 Å². The predicted molar refractivity (Wildman–Crippen MR) is 83.5 cm³/mol. The summed E-state index contributed by atoms with van der Waals surface area (Å²) in [4.78, 5) is 7.90. The number of hydrogen-bond acceptors (Lipinski definition) is 2. The van der Waals surface area contributed by atoms with Gasteiger partial charge < -0.3 is 9.72 Å². The van der Waals surface area contributed by atoms with Crippen molar-refractivity contribution in [1.29, 1.82) is 0 Å². The van der Waals surface area contributed by atoms with E-state index < -0.39 is 0 Å². The lowest BCUT2D eigenvalue weighted by atomic mass is 10.2. The first-order valence-electron chi connectivity index (χ1n) is 5.66. The summed E-state index contributed by atoms with van der Waals surface area (Å²) in [7, 11) is 1.65. The van der Waals surface area contributed by atoms with E-state index in [9.17, 15) is 0 Å². The van der Waals surface area contributed by atoms with E-state index in [1.54, 1.807) is 7.11 Å². The normalized spacial score (nSPS) is 10.9. The van der Waals surface area contributed by atoms with Crippen LogP contribution in [0.2, 0.25) is 0 Å². The van der Waals surface area contributed by atoms with Crippen molar-refractivity contribution < 1.29 is 4.74 Å². The molecule has 0 spiro atoms. The summed E-state index contributed by atoms with van der Waals surface area (Å²) >= 11 is 6.94. The lowest BCUT2D eigenvalue weighted by Gasteiger charge is -2.04. The first-order chi connectivity index (χ1) is 9.17. The highest BCUT2D eigenvalue weighted by Crippen LogP contribution is 2.30. The molecule has 0 aliphatic rings. The molecule has 0 bridgehead atoms. The number of halogens is 2. The number of hydrogen-bond donors (Lipinski definition) is 1. The Morgan fingerprint density at radius 1 is 1.11 bits per heavy atom. The van der Waals surface area contributed by atoms with E-state index in [4.69, 9.17) is 4.74 Å². The Balaban J connectivity index is 2.11. The van der Waals surface area contributed by atoms with E-state index in [-0.39, 0.29) is 0 Å². The molecule has 0 saturated heterocycles. The fraction of sp³-hybridized carbons (Fsp3) is 0.0714. The molecule has 3 nitrogen and oxygen atoms in total. The minimum Gasteiger partial charge on any atom is -0.496 e. The number of imidazole rings is 1. The number of ether oxygens (including phenoxy) is 1. The monoisotopic (exact) mass is 380 g/mol. The van der Waals surface area contributed by atoms with Crippen molar-refractivity contribution in [2.45, 2.75) is 0 Å². The number of benzene rings is 2. The maximum absolute atomic E-state index is 5.23. The van der Waals surface area contributed by atoms with Crippen molar-refractivity contribution >= 4 is 42.9 Å². The molecule has 2 aromatic carbocycles. The molecule has 0 radical (unpaired) electrons. The van der Waals surface area contributed by atoms with Crippen LogP contribution in [0.4, 0.5) is 0 Å². The van der Waals surface area contributed by atoms with Crippen molar-refractivity contribution in [2.24, 2.45) is 0 Å². The number of fused-ring (bicyclic) bond motifs is 1. The van der Waals surface area contributed by atoms with Crippen LogP contribution in [0, 0.1) is 0 Å². The van der Waals surface area contributed by atoms with E-state index in [0.29, 0.717) is 0 Å². The first-order valence-corrected chi connectivity index (χ1v) is 7.25. The van der Waals surface area contributed by atoms with Gasteiger partial charge in [-0.05, 0) is 52.3 Å². The molecule has 0 saturated carbocycles. The molecule has 0 aliphatic heterocycles. The summed E-state index contributed by atoms with van der Waals surface area (Å²) in [5, 5.41) is 0. The van der Waals surface area contributed by atoms with Gasteiger partial charge in [0.1, 0.15) is 11.6 Å². The van der Waals surface area contributed by atoms with Gasteiger partial charge in [0, 0.05) is 10.0 Å². The maximum Gasteiger partial charge on any atom is 0.138 e. The van der Waals surface area contributed by atoms with Crippen molar-refractivity contribution in [2.75, 3.05) is 7.11 Å². The smallest absolute Gasteiger partial charge is 0.138 e. The Morgan fingerprint density at radius 3 is 2.68 bits per heavy atom. The van der Waals surface area contributed by atoms with Crippen molar-refractivity contribution in [3.63, 3.8) is 0 Å². The molecule has 5 heteroatoms. The molecule has 96 valence electrons. The fourth-order valence-corrected chi connectivity index (χ4v) is 2.83. The van der Waals surface area contributed by atoms with E-state index in [2.05, 4.69) is 41.8 Å². The molecular formula is C14H10Br2N2O. The number of nitrogens with one attached hydrogen (secondary N) is 1. The summed E-state index contributed by atoms with van der Waals surface area (Å²) in [6, 6.07) is 11.9. The van der Waals surface area contributed by atoms with Gasteiger partial charge in [0.05, 0.1) is 22.6 Å². The second-order valence-electron chi connectivity index (χ2n) is 4.10. The van der Waals surface area contributed by atoms with Crippen LogP contribution >= 0.6 is 31.9 Å². The lowest BCUT2D eigenvalue weighted by molar-refractivity contribution is 0.412. The average molecular weight is 382 g/mol. The Labute approximate surface area is 127 Å². The Bertz CT molecular complexity index is 752. The highest BCUT2D eigenvalue weighted by Gasteiger charge is 2.08. The van der Waals surface area contributed by atoms with Crippen LogP contribution in [-0.2, 0) is 0 Å². The number of H-pyrrole nitrogens is 1. The summed E-state index contributed by atoms with van der Waals surface area (Å²) in [6.45, 7) is 0. The number of methoxy groups -OCH3 is 1. The zero-order valence-electron chi connectivity index (χ0n) is 10.1. The van der Waals surface area contributed by atoms with E-state index in [0.717, 1.165) is 37.1 Å². The minimum atomic E-state index is 0.808. The van der Waals surface area contributed by atoms with Crippen LogP contribution in [0.1, 0.15) is 0 Å². The van der Waals surface area contributed by atoms with Gasteiger partial charge in [-0.2, -0.15) is 0 Å². The largest absolute Gasteiger partial charge is 0.496 e. The van der Waals surface area contributed by atoms with Crippen molar-refractivity contribution in [3.8, 4) is 17.1 Å². The third kappa shape index (κ3) is 2.40. The third-order valence-corrected chi connectivity index (χ3v) is 3.98. The summed E-state index contributed by atoms with van der Waals surface area (Å²) in [5.74, 6) is 1.65. The molecule has 3 aromatic rings. The number of nitrogens with zero attached hydrogens (tertiary/aromatic N) is 1. The van der Waals surface area contributed by atoms with Gasteiger partial charge in [-0.25, -0.2) is 4.98 Å². The molecule has 0 amide bonds. The van der Waals surface area contributed by atoms with Crippen LogP contribution in [-0.4, -0.2) is 17.1 Å². The van der Waals surface area contributed by atoms with Crippen LogP contribution in [0.25, 0.3) is 22.4 Å². The van der Waals surface area contributed by atoms with Crippen LogP contribution in [0.15, 0.2) is 45.3 Å². The quantitative estimate of drug-likeness (QED) is 0.694. The topological polar surface area (TPSA) is 37.9 Å². The van der Waals surface area contributed by atoms with E-state index in [1.165, 1.54) is 0 Å². The number of rotatable bonds is 2. The SMILES string of the molecule is COc1ccc(-c2nc3ccc(Br)cc3[nH]2)cc1Br. The summed E-state index contributed by atoms with van der Waals surface area (Å²) in [5.41, 5.74) is 2.97. The van der Waals surface area contributed by atoms with Crippen molar-refractivity contribution in [3.05, 3.63) is 45.3 Å². The van der Waals surface area contributed by atoms with Crippen LogP contribution in [0.3, 0.4) is 0 Å². The molecule has 0 aliphatic carbocycles. The molecule has 0 atom stereocenters. The number of aromatic amines is 1. The highest BCUT2D eigenvalue weighted by atomic mass is 79.9. The Morgan fingerprint density at radius 2 is 1.95 bits per heavy atom. The Kier molecular flexibility index (Phi) is 3.33. The first kappa shape index (κ1) is 12.7. The standard InChI is InChI=1S/C14H10Br2N2O/c1-19-13-5-2-8(6-10(13)16)14-17-11-4-3-9(15)7-12(11)18-14/h2-7H,1H3,(H,17,18). The van der Waals surface area contributed by atoms with Gasteiger partial charge in [0.15, 0.2) is 0 Å². The van der Waals surface area contributed by atoms with E-state index >= 15 is 0 Å². The van der Waals surface area contributed by atoms with Gasteiger partial charge in [-0.15, -0.1) is 0 Å². The molecule has 3 rings (SSSR count). The lowest BCUT2D eigenvalue weighted by Crippen LogP contribution is -1.86. The molecule has 19 heavy (non-hydrogen) atoms. The van der Waals surface area contributed by atoms with Crippen molar-refractivity contribution in [1.82, 2.24) is 9.97 Å². The maximum atomic E-state index is 5.23. The molecular weight excluding hydrogens is 372 g/mol. The van der Waals surface area contributed by atoms with Crippen LogP contribution < -0.4 is 4.74 Å². The second-order valence-corrected chi connectivity index (χ2v) is 5.87. The summed E-state index contributed by atoms with van der Waals surface area (Å²) < 4.78 is 7.17. The Hall–Kier alpha value is -1.33. The molecule has 1 N–H and O–H groups in total. The zero-order chi connectivity index (χ0) is 13.4. The van der Waals surface area contributed by atoms with Gasteiger partial charge in [0.25, 0.3) is 0 Å². The average Bonchev–Trinajstić information content (AvgIpc) is 2.81. The third-order valence-electron chi connectivity index (χ3n) is 2.87. The molecule has 0 unspecified atom stereocenters. The minimum absolute atomic E-state index is 0.808. The second kappa shape index (κ2) is 4.98. The zero-order valence-corrected chi connectivity index (χ0v) is 13.2. The predicted octanol–water partition coefficient (Wildman–Crippen LogP) is 4.76.